The Kier molecular flexibility index (Phi) is 4.02. The van der Waals surface area contributed by atoms with Crippen molar-refractivity contribution < 1.29 is 22.7 Å². The summed E-state index contributed by atoms with van der Waals surface area (Å²) in [6, 6.07) is -0.877. The molecule has 12 heavy (non-hydrogen) atoms. The number of nitrogens with two attached hydrogens (primary N) is 1. The highest BCUT2D eigenvalue weighted by Gasteiger charge is 2.27. The molecule has 0 bridgehead atoms. The lowest BCUT2D eigenvalue weighted by molar-refractivity contribution is -0.159. The van der Waals surface area contributed by atoms with Crippen LogP contribution >= 0.6 is 0 Å². The maximum Gasteiger partial charge on any atom is 0.392 e. The summed E-state index contributed by atoms with van der Waals surface area (Å²) in [4.78, 5) is 10.5. The minimum atomic E-state index is -4.29. The Labute approximate surface area is 67.7 Å². The van der Waals surface area contributed by atoms with Crippen LogP contribution in [0.25, 0.3) is 0 Å². The smallest absolute Gasteiger partial charge is 0.392 e. The standard InChI is InChI=1S/C6H10F3NO2/c1-4(10)5(11)12-3-2-6(7,8)9/h4H,2-3,10H2,1H3. The van der Waals surface area contributed by atoms with Crippen LogP contribution in [0, 0.1) is 0 Å². The maximum atomic E-state index is 11.5. The maximum absolute atomic E-state index is 11.5. The zero-order valence-electron chi connectivity index (χ0n) is 6.52. The van der Waals surface area contributed by atoms with Crippen molar-refractivity contribution in [1.82, 2.24) is 0 Å². The SMILES string of the molecule is CC(N)C(=O)OCCC(F)(F)F. The summed E-state index contributed by atoms with van der Waals surface area (Å²) in [7, 11) is 0. The Morgan fingerprint density at radius 2 is 2.08 bits per heavy atom. The van der Waals surface area contributed by atoms with Gasteiger partial charge in [0.1, 0.15) is 6.04 Å². The molecular formula is C6H10F3NO2. The zero-order valence-corrected chi connectivity index (χ0v) is 6.52. The van der Waals surface area contributed by atoms with E-state index < -0.39 is 31.2 Å². The number of halogens is 3. The first kappa shape index (κ1) is 11.2. The lowest BCUT2D eigenvalue weighted by Gasteiger charge is -2.08. The van der Waals surface area contributed by atoms with Crippen LogP contribution in [-0.4, -0.2) is 24.8 Å². The molecule has 0 aromatic rings. The second-order valence-corrected chi connectivity index (χ2v) is 2.32. The molecule has 0 aliphatic heterocycles. The summed E-state index contributed by atoms with van der Waals surface area (Å²) in [5.41, 5.74) is 5.03. The molecule has 0 spiro atoms. The van der Waals surface area contributed by atoms with E-state index in [9.17, 15) is 18.0 Å². The first-order valence-corrected chi connectivity index (χ1v) is 3.32. The minimum absolute atomic E-state index is 0.663. The molecule has 0 aliphatic rings. The molecule has 3 nitrogen and oxygen atoms in total. The first-order valence-electron chi connectivity index (χ1n) is 3.32. The van der Waals surface area contributed by atoms with Gasteiger partial charge in [0.2, 0.25) is 0 Å². The number of carbonyl (C=O) groups excluding carboxylic acids is 1. The van der Waals surface area contributed by atoms with Crippen LogP contribution in [0.15, 0.2) is 0 Å². The summed E-state index contributed by atoms with van der Waals surface area (Å²) in [6.45, 7) is 0.680. The molecular weight excluding hydrogens is 175 g/mol. The molecule has 6 heteroatoms. The molecule has 0 saturated heterocycles. The summed E-state index contributed by atoms with van der Waals surface area (Å²) in [5.74, 6) is -0.820. The molecule has 0 fully saturated rings. The summed E-state index contributed by atoms with van der Waals surface area (Å²) in [6.07, 6.45) is -5.43. The van der Waals surface area contributed by atoms with Gasteiger partial charge < -0.3 is 10.5 Å². The molecule has 0 saturated carbocycles. The Morgan fingerprint density at radius 1 is 1.58 bits per heavy atom. The van der Waals surface area contributed by atoms with Crippen LogP contribution < -0.4 is 5.73 Å². The van der Waals surface area contributed by atoms with Gasteiger partial charge in [-0.15, -0.1) is 0 Å². The van der Waals surface area contributed by atoms with Crippen molar-refractivity contribution in [3.63, 3.8) is 0 Å². The van der Waals surface area contributed by atoms with E-state index in [1.54, 1.807) is 0 Å². The van der Waals surface area contributed by atoms with E-state index in [0.29, 0.717) is 0 Å². The zero-order chi connectivity index (χ0) is 9.78. The number of hydrogen-bond acceptors (Lipinski definition) is 3. The highest BCUT2D eigenvalue weighted by atomic mass is 19.4. The van der Waals surface area contributed by atoms with Crippen molar-refractivity contribution >= 4 is 5.97 Å². The molecule has 0 aliphatic carbocycles. The predicted molar refractivity (Wildman–Crippen MR) is 35.3 cm³/mol. The number of rotatable bonds is 3. The molecule has 0 rings (SSSR count). The summed E-state index contributed by atoms with van der Waals surface area (Å²) in [5, 5.41) is 0. The van der Waals surface area contributed by atoms with Crippen LogP contribution in [0.2, 0.25) is 0 Å². The van der Waals surface area contributed by atoms with E-state index in [0.717, 1.165) is 0 Å². The fourth-order valence-corrected chi connectivity index (χ4v) is 0.399. The quantitative estimate of drug-likeness (QED) is 0.662. The number of esters is 1. The van der Waals surface area contributed by atoms with Crippen LogP contribution in [0.5, 0.6) is 0 Å². The van der Waals surface area contributed by atoms with Gasteiger partial charge in [-0.25, -0.2) is 0 Å². The first-order chi connectivity index (χ1) is 5.33. The van der Waals surface area contributed by atoms with E-state index in [4.69, 9.17) is 5.73 Å². The highest BCUT2D eigenvalue weighted by molar-refractivity contribution is 5.74. The van der Waals surface area contributed by atoms with Crippen LogP contribution in [-0.2, 0) is 9.53 Å². The van der Waals surface area contributed by atoms with Crippen LogP contribution in [0.3, 0.4) is 0 Å². The van der Waals surface area contributed by atoms with Gasteiger partial charge in [-0.1, -0.05) is 0 Å². The van der Waals surface area contributed by atoms with Gasteiger partial charge in [-0.3, -0.25) is 4.79 Å². The van der Waals surface area contributed by atoms with Gasteiger partial charge in [0.15, 0.2) is 0 Å². The Morgan fingerprint density at radius 3 is 2.42 bits per heavy atom. The van der Waals surface area contributed by atoms with Crippen molar-refractivity contribution in [2.24, 2.45) is 5.73 Å². The van der Waals surface area contributed by atoms with E-state index in [2.05, 4.69) is 4.74 Å². The number of alkyl halides is 3. The topological polar surface area (TPSA) is 52.3 Å². The third-order valence-electron chi connectivity index (χ3n) is 1.00. The average molecular weight is 185 g/mol. The molecule has 0 aromatic carbocycles. The van der Waals surface area contributed by atoms with Gasteiger partial charge >= 0.3 is 12.1 Å². The fourth-order valence-electron chi connectivity index (χ4n) is 0.399. The predicted octanol–water partition coefficient (Wildman–Crippen LogP) is 0.829. The second kappa shape index (κ2) is 4.30. The van der Waals surface area contributed by atoms with Crippen molar-refractivity contribution in [3.8, 4) is 0 Å². The molecule has 2 N–H and O–H groups in total. The van der Waals surface area contributed by atoms with Crippen molar-refractivity contribution in [2.75, 3.05) is 6.61 Å². The highest BCUT2D eigenvalue weighted by Crippen LogP contribution is 2.18. The largest absolute Gasteiger partial charge is 0.464 e. The van der Waals surface area contributed by atoms with Crippen molar-refractivity contribution in [1.29, 1.82) is 0 Å². The van der Waals surface area contributed by atoms with Gasteiger partial charge in [0, 0.05) is 0 Å². The molecule has 0 heterocycles. The normalized spacial score (nSPS) is 14.1. The van der Waals surface area contributed by atoms with Gasteiger partial charge in [-0.05, 0) is 6.92 Å². The lowest BCUT2D eigenvalue weighted by Crippen LogP contribution is -2.29. The fraction of sp³-hybridized carbons (Fsp3) is 0.833. The molecule has 1 unspecified atom stereocenters. The average Bonchev–Trinajstić information content (AvgIpc) is 1.84. The molecule has 72 valence electrons. The molecule has 0 aromatic heterocycles. The van der Waals surface area contributed by atoms with E-state index in [1.165, 1.54) is 6.92 Å². The second-order valence-electron chi connectivity index (χ2n) is 2.32. The van der Waals surface area contributed by atoms with Gasteiger partial charge in [0.05, 0.1) is 13.0 Å². The number of carbonyl (C=O) groups is 1. The van der Waals surface area contributed by atoms with Crippen molar-refractivity contribution in [2.45, 2.75) is 25.6 Å². The van der Waals surface area contributed by atoms with Gasteiger partial charge in [0.25, 0.3) is 0 Å². The lowest BCUT2D eigenvalue weighted by atomic mass is 10.4. The Balaban J connectivity index is 3.51. The molecule has 1 atom stereocenters. The summed E-state index contributed by atoms with van der Waals surface area (Å²) >= 11 is 0. The van der Waals surface area contributed by atoms with E-state index in [1.807, 2.05) is 0 Å². The Hall–Kier alpha value is -0.780. The van der Waals surface area contributed by atoms with E-state index >= 15 is 0 Å². The van der Waals surface area contributed by atoms with Crippen molar-refractivity contribution in [3.05, 3.63) is 0 Å². The van der Waals surface area contributed by atoms with Crippen LogP contribution in [0.1, 0.15) is 13.3 Å². The molecule has 0 amide bonds. The number of ether oxygens (including phenoxy) is 1. The third-order valence-corrected chi connectivity index (χ3v) is 1.00. The monoisotopic (exact) mass is 185 g/mol. The third kappa shape index (κ3) is 5.96. The number of hydrogen-bond donors (Lipinski definition) is 1. The van der Waals surface area contributed by atoms with Gasteiger partial charge in [-0.2, -0.15) is 13.2 Å². The summed E-state index contributed by atoms with van der Waals surface area (Å²) < 4.78 is 38.6. The minimum Gasteiger partial charge on any atom is -0.464 e. The molecule has 0 radical (unpaired) electrons. The van der Waals surface area contributed by atoms with Crippen LogP contribution in [0.4, 0.5) is 13.2 Å². The Bertz CT molecular complexity index is 155. The van der Waals surface area contributed by atoms with E-state index in [-0.39, 0.29) is 0 Å².